The van der Waals surface area contributed by atoms with Gasteiger partial charge in [0.15, 0.2) is 5.60 Å². The fourth-order valence-corrected chi connectivity index (χ4v) is 2.19. The Morgan fingerprint density at radius 1 is 1.41 bits per heavy atom. The molecule has 90 valence electrons. The number of Topliss-reactive ketones (excluding diaryl/α,β-unsaturated/α-hetero) is 1. The van der Waals surface area contributed by atoms with Crippen molar-refractivity contribution in [3.63, 3.8) is 0 Å². The van der Waals surface area contributed by atoms with Gasteiger partial charge in [0.05, 0.1) is 7.11 Å². The molecule has 17 heavy (non-hydrogen) atoms. The smallest absolute Gasteiger partial charge is 0.303 e. The second kappa shape index (κ2) is 3.87. The highest BCUT2D eigenvalue weighted by Crippen LogP contribution is 2.34. The van der Waals surface area contributed by atoms with Crippen LogP contribution in [-0.2, 0) is 16.0 Å². The number of rotatable bonds is 2. The van der Waals surface area contributed by atoms with Crippen molar-refractivity contribution in [1.29, 1.82) is 0 Å². The highest BCUT2D eigenvalue weighted by Gasteiger charge is 2.44. The lowest BCUT2D eigenvalue weighted by Crippen LogP contribution is -2.37. The number of carbonyl (C=O) groups is 2. The quantitative estimate of drug-likeness (QED) is 0.731. The largest absolute Gasteiger partial charge is 0.497 e. The molecule has 1 atom stereocenters. The summed E-state index contributed by atoms with van der Waals surface area (Å²) in [5, 5.41) is 0. The van der Waals surface area contributed by atoms with Crippen molar-refractivity contribution in [3.8, 4) is 5.75 Å². The molecule has 0 fully saturated rings. The molecule has 1 aliphatic carbocycles. The molecule has 0 heterocycles. The Balaban J connectivity index is 2.37. The molecule has 0 N–H and O–H groups in total. The first kappa shape index (κ1) is 11.6. The van der Waals surface area contributed by atoms with E-state index < -0.39 is 11.6 Å². The molecular formula is C13H14O4. The molecule has 1 aromatic carbocycles. The standard InChI is InChI=1S/C13H14O4/c1-8(14)17-13(2)7-9-6-10(16-3)4-5-11(9)12(13)15/h4-6H,7H2,1-3H3. The number of hydrogen-bond acceptors (Lipinski definition) is 4. The van der Waals surface area contributed by atoms with Gasteiger partial charge in [0.25, 0.3) is 0 Å². The maximum Gasteiger partial charge on any atom is 0.303 e. The summed E-state index contributed by atoms with van der Waals surface area (Å²) >= 11 is 0. The first-order chi connectivity index (χ1) is 7.96. The lowest BCUT2D eigenvalue weighted by Gasteiger charge is -2.21. The summed E-state index contributed by atoms with van der Waals surface area (Å²) in [6.07, 6.45) is 0.401. The molecule has 0 aliphatic heterocycles. The van der Waals surface area contributed by atoms with Gasteiger partial charge in [0, 0.05) is 18.9 Å². The fourth-order valence-electron chi connectivity index (χ4n) is 2.19. The molecule has 0 bridgehead atoms. The topological polar surface area (TPSA) is 52.6 Å². The second-order valence-corrected chi connectivity index (χ2v) is 4.35. The van der Waals surface area contributed by atoms with E-state index in [2.05, 4.69) is 0 Å². The fraction of sp³-hybridized carbons (Fsp3) is 0.385. The number of ketones is 1. The van der Waals surface area contributed by atoms with E-state index in [-0.39, 0.29) is 5.78 Å². The van der Waals surface area contributed by atoms with Gasteiger partial charge in [-0.15, -0.1) is 0 Å². The molecule has 1 aromatic rings. The van der Waals surface area contributed by atoms with E-state index >= 15 is 0 Å². The molecule has 0 radical (unpaired) electrons. The third-order valence-electron chi connectivity index (χ3n) is 2.93. The van der Waals surface area contributed by atoms with Crippen LogP contribution in [0.2, 0.25) is 0 Å². The minimum Gasteiger partial charge on any atom is -0.497 e. The third-order valence-corrected chi connectivity index (χ3v) is 2.93. The van der Waals surface area contributed by atoms with Gasteiger partial charge in [-0.25, -0.2) is 0 Å². The third kappa shape index (κ3) is 1.90. The van der Waals surface area contributed by atoms with Crippen LogP contribution >= 0.6 is 0 Å². The molecule has 1 aliphatic rings. The lowest BCUT2D eigenvalue weighted by atomic mass is 10.0. The summed E-state index contributed by atoms with van der Waals surface area (Å²) in [6, 6.07) is 5.25. The maximum atomic E-state index is 12.1. The van der Waals surface area contributed by atoms with Gasteiger partial charge in [-0.05, 0) is 30.7 Å². The van der Waals surface area contributed by atoms with E-state index in [1.807, 2.05) is 6.07 Å². The predicted molar refractivity (Wildman–Crippen MR) is 61.2 cm³/mol. The number of carbonyl (C=O) groups excluding carboxylic acids is 2. The Kier molecular flexibility index (Phi) is 2.65. The van der Waals surface area contributed by atoms with E-state index in [0.717, 1.165) is 5.56 Å². The molecule has 0 amide bonds. The van der Waals surface area contributed by atoms with Crippen molar-refractivity contribution in [3.05, 3.63) is 29.3 Å². The Morgan fingerprint density at radius 2 is 2.12 bits per heavy atom. The minimum atomic E-state index is -1.07. The maximum absolute atomic E-state index is 12.1. The van der Waals surface area contributed by atoms with Gasteiger partial charge in [-0.3, -0.25) is 9.59 Å². The van der Waals surface area contributed by atoms with Crippen LogP contribution < -0.4 is 4.74 Å². The van der Waals surface area contributed by atoms with E-state index in [9.17, 15) is 9.59 Å². The van der Waals surface area contributed by atoms with E-state index in [1.54, 1.807) is 26.2 Å². The number of hydrogen-bond donors (Lipinski definition) is 0. The van der Waals surface area contributed by atoms with Crippen molar-refractivity contribution >= 4 is 11.8 Å². The van der Waals surface area contributed by atoms with Crippen LogP contribution in [0.3, 0.4) is 0 Å². The van der Waals surface area contributed by atoms with Crippen molar-refractivity contribution in [2.45, 2.75) is 25.9 Å². The van der Waals surface area contributed by atoms with Gasteiger partial charge in [-0.1, -0.05) is 0 Å². The van der Waals surface area contributed by atoms with Crippen LogP contribution in [-0.4, -0.2) is 24.5 Å². The lowest BCUT2D eigenvalue weighted by molar-refractivity contribution is -0.150. The van der Waals surface area contributed by atoms with Gasteiger partial charge < -0.3 is 9.47 Å². The molecule has 0 spiro atoms. The minimum absolute atomic E-state index is 0.148. The Morgan fingerprint density at radius 3 is 2.71 bits per heavy atom. The molecule has 0 aromatic heterocycles. The van der Waals surface area contributed by atoms with E-state index in [1.165, 1.54) is 6.92 Å². The predicted octanol–water partition coefficient (Wildman–Crippen LogP) is 1.76. The molecule has 4 nitrogen and oxygen atoms in total. The van der Waals surface area contributed by atoms with E-state index in [4.69, 9.17) is 9.47 Å². The molecule has 0 saturated heterocycles. The monoisotopic (exact) mass is 234 g/mol. The molecule has 4 heteroatoms. The summed E-state index contributed by atoms with van der Waals surface area (Å²) in [4.78, 5) is 23.2. The zero-order valence-corrected chi connectivity index (χ0v) is 10.1. The average molecular weight is 234 g/mol. The van der Waals surface area contributed by atoms with Crippen molar-refractivity contribution in [2.24, 2.45) is 0 Å². The second-order valence-electron chi connectivity index (χ2n) is 4.35. The normalized spacial score (nSPS) is 22.2. The van der Waals surface area contributed by atoms with Crippen LogP contribution in [0.1, 0.15) is 29.8 Å². The zero-order valence-electron chi connectivity index (χ0n) is 10.1. The highest BCUT2D eigenvalue weighted by molar-refractivity contribution is 6.07. The first-order valence-electron chi connectivity index (χ1n) is 5.37. The number of ether oxygens (including phenoxy) is 2. The summed E-state index contributed by atoms with van der Waals surface area (Å²) in [5.74, 6) is 0.106. The SMILES string of the molecule is COc1ccc2c(c1)CC(C)(OC(C)=O)C2=O. The summed E-state index contributed by atoms with van der Waals surface area (Å²) < 4.78 is 10.2. The number of benzene rings is 1. The Labute approximate surface area is 99.5 Å². The van der Waals surface area contributed by atoms with Crippen molar-refractivity contribution < 1.29 is 19.1 Å². The first-order valence-corrected chi connectivity index (χ1v) is 5.37. The molecule has 0 saturated carbocycles. The van der Waals surface area contributed by atoms with Gasteiger partial charge >= 0.3 is 5.97 Å². The molecular weight excluding hydrogens is 220 g/mol. The van der Waals surface area contributed by atoms with Crippen LogP contribution in [0.4, 0.5) is 0 Å². The van der Waals surface area contributed by atoms with Crippen LogP contribution in [0.5, 0.6) is 5.75 Å². The molecule has 2 rings (SSSR count). The van der Waals surface area contributed by atoms with Crippen molar-refractivity contribution in [1.82, 2.24) is 0 Å². The number of fused-ring (bicyclic) bond motifs is 1. The van der Waals surface area contributed by atoms with Crippen LogP contribution in [0.25, 0.3) is 0 Å². The van der Waals surface area contributed by atoms with Gasteiger partial charge in [0.2, 0.25) is 5.78 Å². The number of methoxy groups -OCH3 is 1. The summed E-state index contributed by atoms with van der Waals surface area (Å²) in [6.45, 7) is 2.95. The summed E-state index contributed by atoms with van der Waals surface area (Å²) in [7, 11) is 1.57. The Bertz CT molecular complexity index is 492. The number of esters is 1. The molecule has 1 unspecified atom stereocenters. The summed E-state index contributed by atoms with van der Waals surface area (Å²) in [5.41, 5.74) is 0.396. The van der Waals surface area contributed by atoms with Gasteiger partial charge in [-0.2, -0.15) is 0 Å². The van der Waals surface area contributed by atoms with E-state index in [0.29, 0.717) is 17.7 Å². The van der Waals surface area contributed by atoms with Crippen molar-refractivity contribution in [2.75, 3.05) is 7.11 Å². The highest BCUT2D eigenvalue weighted by atomic mass is 16.6. The van der Waals surface area contributed by atoms with Crippen LogP contribution in [0.15, 0.2) is 18.2 Å². The van der Waals surface area contributed by atoms with Crippen LogP contribution in [0, 0.1) is 0 Å². The Hall–Kier alpha value is -1.84. The van der Waals surface area contributed by atoms with Gasteiger partial charge in [0.1, 0.15) is 5.75 Å². The average Bonchev–Trinajstić information content (AvgIpc) is 2.49. The zero-order chi connectivity index (χ0) is 12.6.